The first-order valence-corrected chi connectivity index (χ1v) is 13.5. The van der Waals surface area contributed by atoms with E-state index >= 15 is 0 Å². The third kappa shape index (κ3) is 5.34. The van der Waals surface area contributed by atoms with Crippen LogP contribution in [0.5, 0.6) is 11.5 Å². The van der Waals surface area contributed by atoms with Gasteiger partial charge in [-0.3, -0.25) is 9.48 Å². The Morgan fingerprint density at radius 1 is 1.24 bits per heavy atom. The van der Waals surface area contributed by atoms with E-state index in [2.05, 4.69) is 30.7 Å². The Morgan fingerprint density at radius 3 is 2.71 bits per heavy atom. The van der Waals surface area contributed by atoms with Crippen molar-refractivity contribution in [3.8, 4) is 11.5 Å². The minimum absolute atomic E-state index is 0.00417. The van der Waals surface area contributed by atoms with E-state index in [4.69, 9.17) is 26.2 Å². The number of hydrogen-bond acceptors (Lipinski definition) is 9. The number of fused-ring (bicyclic) bond motifs is 1. The summed E-state index contributed by atoms with van der Waals surface area (Å²) in [7, 11) is 1.63. The fourth-order valence-electron chi connectivity index (χ4n) is 5.53. The fraction of sp³-hybridized carbons (Fsp3) is 0.423. The molecule has 222 valence electrons. The maximum Gasteiger partial charge on any atom is 0.433 e. The van der Waals surface area contributed by atoms with Gasteiger partial charge in [-0.2, -0.15) is 23.3 Å². The maximum absolute atomic E-state index is 14.0. The first-order valence-electron chi connectivity index (χ1n) is 13.1. The summed E-state index contributed by atoms with van der Waals surface area (Å²) in [6.07, 6.45) is 1.12. The molecule has 2 aliphatic rings. The lowest BCUT2D eigenvalue weighted by atomic mass is 9.61. The molecule has 3 N–H and O–H groups in total. The van der Waals surface area contributed by atoms with Gasteiger partial charge in [0.05, 0.1) is 12.2 Å². The van der Waals surface area contributed by atoms with E-state index in [1.165, 1.54) is 24.5 Å². The maximum atomic E-state index is 14.0. The number of ether oxygens (including phenoxy) is 2. The van der Waals surface area contributed by atoms with Crippen LogP contribution in [0.4, 0.5) is 30.8 Å². The van der Waals surface area contributed by atoms with E-state index in [-0.39, 0.29) is 51.2 Å². The highest BCUT2D eigenvalue weighted by atomic mass is 35.5. The number of halogens is 4. The van der Waals surface area contributed by atoms with Crippen molar-refractivity contribution in [2.45, 2.75) is 37.9 Å². The Morgan fingerprint density at radius 2 is 2.00 bits per heavy atom. The zero-order valence-electron chi connectivity index (χ0n) is 22.3. The molecule has 0 radical (unpaired) electrons. The average molecular weight is 607 g/mol. The Hall–Kier alpha value is -3.95. The molecule has 6 rings (SSSR count). The van der Waals surface area contributed by atoms with Crippen LogP contribution in [0.25, 0.3) is 11.2 Å². The summed E-state index contributed by atoms with van der Waals surface area (Å²) in [4.78, 5) is 24.1. The van der Waals surface area contributed by atoms with Crippen molar-refractivity contribution in [3.63, 3.8) is 0 Å². The lowest BCUT2D eigenvalue weighted by Crippen LogP contribution is -2.43. The molecule has 0 atom stereocenters. The molecule has 12 nitrogen and oxygen atoms in total. The molecule has 1 amide bonds. The van der Waals surface area contributed by atoms with Crippen LogP contribution in [0.15, 0.2) is 30.6 Å². The number of nitrogens with one attached hydrogen (secondary N) is 2. The van der Waals surface area contributed by atoms with Gasteiger partial charge >= 0.3 is 6.18 Å². The number of alkyl halides is 3. The van der Waals surface area contributed by atoms with Crippen LogP contribution in [0.3, 0.4) is 0 Å². The predicted octanol–water partition coefficient (Wildman–Crippen LogP) is 4.83. The summed E-state index contributed by atoms with van der Waals surface area (Å²) < 4.78 is 55.8. The third-order valence-corrected chi connectivity index (χ3v) is 8.04. The van der Waals surface area contributed by atoms with Crippen molar-refractivity contribution in [1.82, 2.24) is 29.3 Å². The third-order valence-electron chi connectivity index (χ3n) is 7.68. The number of nitrogens with zero attached hydrogens (tertiary/aromatic N) is 6. The lowest BCUT2D eigenvalue weighted by Gasteiger charge is -2.50. The van der Waals surface area contributed by atoms with Crippen molar-refractivity contribution in [3.05, 3.63) is 41.3 Å². The molecule has 0 unspecified atom stereocenters. The van der Waals surface area contributed by atoms with Crippen LogP contribution in [-0.4, -0.2) is 60.1 Å². The molecule has 1 aliphatic carbocycles. The second-order valence-electron chi connectivity index (χ2n) is 10.4. The molecule has 2 fully saturated rings. The molecule has 16 heteroatoms. The van der Waals surface area contributed by atoms with Gasteiger partial charge in [-0.05, 0) is 37.2 Å². The Balaban J connectivity index is 1.24. The minimum atomic E-state index is -4.58. The number of aliphatic hydroxyl groups is 1. The summed E-state index contributed by atoms with van der Waals surface area (Å²) in [5.41, 5.74) is -0.195. The van der Waals surface area contributed by atoms with Crippen LogP contribution in [0.1, 0.15) is 37.4 Å². The van der Waals surface area contributed by atoms with E-state index in [9.17, 15) is 18.0 Å². The number of anilines is 3. The van der Waals surface area contributed by atoms with Gasteiger partial charge in [0.2, 0.25) is 5.95 Å². The number of hydrogen-bond donors (Lipinski definition) is 3. The summed E-state index contributed by atoms with van der Waals surface area (Å²) in [6.45, 7) is 0.561. The Bertz CT molecular complexity index is 1640. The van der Waals surface area contributed by atoms with Crippen LogP contribution in [-0.2, 0) is 22.8 Å². The number of amides is 1. The van der Waals surface area contributed by atoms with E-state index in [1.807, 2.05) is 0 Å². The number of imidazole rings is 1. The summed E-state index contributed by atoms with van der Waals surface area (Å²) in [5, 5.41) is 18.7. The quantitative estimate of drug-likeness (QED) is 0.270. The van der Waals surface area contributed by atoms with Gasteiger partial charge < -0.3 is 29.8 Å². The number of aryl methyl sites for hydroxylation is 1. The molecule has 4 aromatic heterocycles. The highest BCUT2D eigenvalue weighted by Gasteiger charge is 2.49. The van der Waals surface area contributed by atoms with Crippen molar-refractivity contribution < 1.29 is 32.5 Å². The van der Waals surface area contributed by atoms with Gasteiger partial charge in [0.15, 0.2) is 17.2 Å². The molecule has 42 heavy (non-hydrogen) atoms. The zero-order chi connectivity index (χ0) is 29.6. The molecule has 1 saturated carbocycles. The number of aromatic nitrogens is 6. The number of carbonyl (C=O) groups is 1. The van der Waals surface area contributed by atoms with E-state index in [0.717, 1.165) is 23.6 Å². The van der Waals surface area contributed by atoms with Crippen molar-refractivity contribution >= 4 is 46.3 Å². The SMILES string of the molecule is Cn1c(Nc2cc(C(F)(F)F)n(C3CC4(CCOCC4)C3)n2)nc2ncc(Oc3ccnc(NC(=O)CO)c3)c(Cl)c21. The van der Waals surface area contributed by atoms with E-state index in [1.54, 1.807) is 11.6 Å². The van der Waals surface area contributed by atoms with Gasteiger partial charge in [-0.25, -0.2) is 9.97 Å². The zero-order valence-corrected chi connectivity index (χ0v) is 23.0. The Labute approximate surface area is 241 Å². The van der Waals surface area contributed by atoms with Crippen LogP contribution in [0, 0.1) is 5.41 Å². The highest BCUT2D eigenvalue weighted by Crippen LogP contribution is 2.55. The number of pyridine rings is 2. The van der Waals surface area contributed by atoms with Gasteiger partial charge in [0.25, 0.3) is 5.91 Å². The van der Waals surface area contributed by atoms with Gasteiger partial charge in [-0.1, -0.05) is 11.6 Å². The van der Waals surface area contributed by atoms with Crippen molar-refractivity contribution in [2.24, 2.45) is 12.5 Å². The molecule has 0 aromatic carbocycles. The molecular formula is C26H26ClF3N8O4. The van der Waals surface area contributed by atoms with Crippen LogP contribution >= 0.6 is 11.6 Å². The van der Waals surface area contributed by atoms with E-state index in [0.29, 0.717) is 31.6 Å². The average Bonchev–Trinajstić information content (AvgIpc) is 3.51. The normalized spacial score (nSPS) is 16.9. The lowest BCUT2D eigenvalue weighted by molar-refractivity contribution is -0.148. The summed E-state index contributed by atoms with van der Waals surface area (Å²) >= 11 is 6.64. The summed E-state index contributed by atoms with van der Waals surface area (Å²) in [6, 6.07) is 3.60. The fourth-order valence-corrected chi connectivity index (χ4v) is 5.83. The van der Waals surface area contributed by atoms with Crippen LogP contribution in [0.2, 0.25) is 5.02 Å². The molecule has 5 heterocycles. The van der Waals surface area contributed by atoms with Crippen molar-refractivity contribution in [1.29, 1.82) is 0 Å². The smallest absolute Gasteiger partial charge is 0.433 e. The summed E-state index contributed by atoms with van der Waals surface area (Å²) in [5.74, 6) is 0.147. The second-order valence-corrected chi connectivity index (χ2v) is 10.8. The molecule has 1 spiro atoms. The first-order chi connectivity index (χ1) is 20.0. The highest BCUT2D eigenvalue weighted by molar-refractivity contribution is 6.36. The molecular weight excluding hydrogens is 581 g/mol. The molecule has 1 saturated heterocycles. The number of aliphatic hydroxyl groups excluding tert-OH is 1. The molecule has 0 bridgehead atoms. The Kier molecular flexibility index (Phi) is 7.19. The number of carbonyl (C=O) groups excluding carboxylic acids is 1. The van der Waals surface area contributed by atoms with Crippen LogP contribution < -0.4 is 15.4 Å². The van der Waals surface area contributed by atoms with Gasteiger partial charge in [-0.15, -0.1) is 0 Å². The molecule has 4 aromatic rings. The topological polar surface area (TPSA) is 141 Å². The second kappa shape index (κ2) is 10.7. The van der Waals surface area contributed by atoms with Gasteiger partial charge in [0, 0.05) is 38.6 Å². The monoisotopic (exact) mass is 606 g/mol. The number of rotatable bonds is 7. The van der Waals surface area contributed by atoms with Crippen molar-refractivity contribution in [2.75, 3.05) is 30.5 Å². The van der Waals surface area contributed by atoms with E-state index < -0.39 is 24.4 Å². The minimum Gasteiger partial charge on any atom is -0.454 e. The standard InChI is InChI=1S/C26H26ClF3N8O4/c1-37-22-21(27)16(42-15-2-5-31-18(8-15)33-20(40)13-39)12-32-23(22)35-24(37)34-19-9-17(26(28,29)30)38(36-19)14-10-25(11-14)3-6-41-7-4-25/h2,5,8-9,12,14,39H,3-4,6-7,10-11,13H2,1H3,(H,31,33,40)(H,32,34,35,36). The molecule has 1 aliphatic heterocycles. The predicted molar refractivity (Wildman–Crippen MR) is 145 cm³/mol. The van der Waals surface area contributed by atoms with Gasteiger partial charge in [0.1, 0.15) is 34.4 Å². The largest absolute Gasteiger partial charge is 0.454 e. The first kappa shape index (κ1) is 28.2.